The van der Waals surface area contributed by atoms with Crippen LogP contribution >= 0.6 is 0 Å². The number of aliphatic hydroxyl groups is 1. The number of hydrogen-bond donors (Lipinski definition) is 1. The molecule has 0 amide bonds. The van der Waals surface area contributed by atoms with E-state index in [4.69, 9.17) is 4.74 Å². The van der Waals surface area contributed by atoms with Crippen molar-refractivity contribution in [2.45, 2.75) is 63.8 Å². The summed E-state index contributed by atoms with van der Waals surface area (Å²) in [7, 11) is 0. The van der Waals surface area contributed by atoms with Crippen LogP contribution in [-0.2, 0) is 9.53 Å². The second-order valence-corrected chi connectivity index (χ2v) is 7.11. The molecule has 5 unspecified atom stereocenters. The van der Waals surface area contributed by atoms with Crippen molar-refractivity contribution in [3.05, 3.63) is 12.2 Å². The van der Waals surface area contributed by atoms with E-state index in [1.807, 2.05) is 0 Å². The highest BCUT2D eigenvalue weighted by Crippen LogP contribution is 2.51. The third-order valence-electron chi connectivity index (χ3n) is 4.99. The van der Waals surface area contributed by atoms with Gasteiger partial charge in [0.05, 0.1) is 0 Å². The van der Waals surface area contributed by atoms with Gasteiger partial charge >= 0.3 is 12.1 Å². The van der Waals surface area contributed by atoms with Crippen LogP contribution in [0.2, 0.25) is 0 Å². The van der Waals surface area contributed by atoms with Crippen molar-refractivity contribution in [1.82, 2.24) is 0 Å². The van der Waals surface area contributed by atoms with Crippen molar-refractivity contribution in [2.75, 3.05) is 0 Å². The quantitative estimate of drug-likeness (QED) is 0.636. The molecule has 3 nitrogen and oxygen atoms in total. The van der Waals surface area contributed by atoms with Gasteiger partial charge in [0, 0.05) is 5.57 Å². The Bertz CT molecular complexity index is 456. The fourth-order valence-corrected chi connectivity index (χ4v) is 3.85. The lowest BCUT2D eigenvalue weighted by Crippen LogP contribution is -2.44. The maximum absolute atomic E-state index is 12.8. The smallest absolute Gasteiger partial charge is 0.416 e. The van der Waals surface area contributed by atoms with E-state index < -0.39 is 17.7 Å². The zero-order valence-electron chi connectivity index (χ0n) is 12.9. The Morgan fingerprint density at radius 3 is 2.45 bits per heavy atom. The summed E-state index contributed by atoms with van der Waals surface area (Å²) < 4.78 is 43.9. The van der Waals surface area contributed by atoms with Gasteiger partial charge in [0.25, 0.3) is 0 Å². The number of rotatable bonds is 4. The van der Waals surface area contributed by atoms with E-state index in [2.05, 4.69) is 6.58 Å². The molecule has 6 heteroatoms. The van der Waals surface area contributed by atoms with Gasteiger partial charge in [0.15, 0.2) is 5.60 Å². The summed E-state index contributed by atoms with van der Waals surface area (Å²) >= 11 is 0. The predicted octanol–water partition coefficient (Wildman–Crippen LogP) is 3.61. The molecule has 126 valence electrons. The average Bonchev–Trinajstić information content (AvgIpc) is 2.61. The SMILES string of the molecule is C=C(C)C(=O)OC1CC2CC(C1)C(CC(C)(O)C(F)(F)F)C2. The summed E-state index contributed by atoms with van der Waals surface area (Å²) in [6, 6.07) is 0. The predicted molar refractivity (Wildman–Crippen MR) is 74.9 cm³/mol. The van der Waals surface area contributed by atoms with E-state index in [0.717, 1.165) is 13.3 Å². The number of esters is 1. The van der Waals surface area contributed by atoms with E-state index in [1.54, 1.807) is 6.92 Å². The monoisotopic (exact) mass is 320 g/mol. The molecule has 0 aliphatic heterocycles. The molecule has 0 aromatic rings. The molecule has 0 saturated heterocycles. The molecule has 5 atom stereocenters. The second-order valence-electron chi connectivity index (χ2n) is 7.11. The van der Waals surface area contributed by atoms with Gasteiger partial charge in [0.2, 0.25) is 0 Å². The van der Waals surface area contributed by atoms with Gasteiger partial charge in [0.1, 0.15) is 6.10 Å². The number of halogens is 3. The highest BCUT2D eigenvalue weighted by molar-refractivity contribution is 5.87. The van der Waals surface area contributed by atoms with Gasteiger partial charge in [-0.15, -0.1) is 0 Å². The van der Waals surface area contributed by atoms with Crippen molar-refractivity contribution in [3.8, 4) is 0 Å². The average molecular weight is 320 g/mol. The Morgan fingerprint density at radius 2 is 1.91 bits per heavy atom. The van der Waals surface area contributed by atoms with Gasteiger partial charge < -0.3 is 9.84 Å². The summed E-state index contributed by atoms with van der Waals surface area (Å²) in [6.45, 7) is 5.95. The van der Waals surface area contributed by atoms with E-state index >= 15 is 0 Å². The molecule has 0 radical (unpaired) electrons. The molecule has 22 heavy (non-hydrogen) atoms. The number of fused-ring (bicyclic) bond motifs is 2. The molecule has 0 heterocycles. The van der Waals surface area contributed by atoms with Gasteiger partial charge in [-0.1, -0.05) is 6.58 Å². The Balaban J connectivity index is 1.97. The Morgan fingerprint density at radius 1 is 1.27 bits per heavy atom. The molecule has 1 N–H and O–H groups in total. The van der Waals surface area contributed by atoms with Crippen LogP contribution in [0.25, 0.3) is 0 Å². The number of carbonyl (C=O) groups excluding carboxylic acids is 1. The first-order valence-electron chi connectivity index (χ1n) is 7.65. The minimum Gasteiger partial charge on any atom is -0.459 e. The minimum atomic E-state index is -4.62. The number of alkyl halides is 3. The van der Waals surface area contributed by atoms with Crippen LogP contribution in [0, 0.1) is 17.8 Å². The van der Waals surface area contributed by atoms with Gasteiger partial charge in [-0.3, -0.25) is 0 Å². The molecule has 2 aliphatic rings. The van der Waals surface area contributed by atoms with Crippen LogP contribution in [0.5, 0.6) is 0 Å². The maximum atomic E-state index is 12.8. The molecular weight excluding hydrogens is 297 g/mol. The summed E-state index contributed by atoms with van der Waals surface area (Å²) in [5.41, 5.74) is -2.33. The summed E-state index contributed by atoms with van der Waals surface area (Å²) in [4.78, 5) is 11.6. The molecule has 2 rings (SSSR count). The molecule has 0 aromatic carbocycles. The van der Waals surface area contributed by atoms with Crippen molar-refractivity contribution in [1.29, 1.82) is 0 Å². The Hall–Kier alpha value is -1.04. The van der Waals surface area contributed by atoms with Crippen LogP contribution in [0.3, 0.4) is 0 Å². The number of carbonyl (C=O) groups is 1. The minimum absolute atomic E-state index is 0.0792. The Labute approximate surface area is 128 Å². The standard InChI is InChI=1S/C16H23F3O3/c1-9(2)14(20)22-13-6-10-4-11(7-13)12(5-10)8-15(3,21)16(17,18)19/h10-13,21H,1,4-8H2,2-3H3. The molecule has 2 bridgehead atoms. The molecule has 0 spiro atoms. The lowest BCUT2D eigenvalue weighted by atomic mass is 9.81. The summed E-state index contributed by atoms with van der Waals surface area (Å²) in [6.07, 6.45) is -2.34. The molecule has 0 aromatic heterocycles. The zero-order chi connectivity index (χ0) is 16.7. The largest absolute Gasteiger partial charge is 0.459 e. The number of hydrogen-bond acceptors (Lipinski definition) is 3. The molecule has 2 fully saturated rings. The van der Waals surface area contributed by atoms with Gasteiger partial charge in [-0.2, -0.15) is 13.2 Å². The van der Waals surface area contributed by atoms with E-state index in [0.29, 0.717) is 24.8 Å². The Kier molecular flexibility index (Phi) is 4.62. The van der Waals surface area contributed by atoms with Crippen LogP contribution in [0.15, 0.2) is 12.2 Å². The molecule has 2 saturated carbocycles. The first kappa shape index (κ1) is 17.3. The van der Waals surface area contributed by atoms with E-state index in [1.165, 1.54) is 0 Å². The third kappa shape index (κ3) is 3.65. The molecular formula is C16H23F3O3. The van der Waals surface area contributed by atoms with Gasteiger partial charge in [-0.05, 0) is 63.7 Å². The van der Waals surface area contributed by atoms with Crippen LogP contribution in [0.1, 0.15) is 46.0 Å². The highest BCUT2D eigenvalue weighted by atomic mass is 19.4. The summed E-state index contributed by atoms with van der Waals surface area (Å²) in [5, 5.41) is 9.69. The maximum Gasteiger partial charge on any atom is 0.416 e. The van der Waals surface area contributed by atoms with Crippen LogP contribution in [0.4, 0.5) is 13.2 Å². The second kappa shape index (κ2) is 5.87. The molecule has 2 aliphatic carbocycles. The fraction of sp³-hybridized carbons (Fsp3) is 0.812. The van der Waals surface area contributed by atoms with Gasteiger partial charge in [-0.25, -0.2) is 4.79 Å². The van der Waals surface area contributed by atoms with Crippen molar-refractivity contribution >= 4 is 5.97 Å². The van der Waals surface area contributed by atoms with E-state index in [-0.39, 0.29) is 30.3 Å². The van der Waals surface area contributed by atoms with Crippen LogP contribution in [-0.4, -0.2) is 29.0 Å². The summed E-state index contributed by atoms with van der Waals surface area (Å²) in [5.74, 6) is -0.258. The normalized spacial score (nSPS) is 34.1. The highest BCUT2D eigenvalue weighted by Gasteiger charge is 2.53. The number of ether oxygens (including phenoxy) is 1. The van der Waals surface area contributed by atoms with E-state index in [9.17, 15) is 23.1 Å². The van der Waals surface area contributed by atoms with Crippen LogP contribution < -0.4 is 0 Å². The topological polar surface area (TPSA) is 46.5 Å². The van der Waals surface area contributed by atoms with Crippen molar-refractivity contribution < 1.29 is 27.8 Å². The van der Waals surface area contributed by atoms with Crippen molar-refractivity contribution in [2.24, 2.45) is 17.8 Å². The lowest BCUT2D eigenvalue weighted by molar-refractivity contribution is -0.259. The third-order valence-corrected chi connectivity index (χ3v) is 4.99. The lowest BCUT2D eigenvalue weighted by Gasteiger charge is -2.32. The van der Waals surface area contributed by atoms with Crippen molar-refractivity contribution in [3.63, 3.8) is 0 Å². The first-order valence-corrected chi connectivity index (χ1v) is 7.65. The fourth-order valence-electron chi connectivity index (χ4n) is 3.85. The zero-order valence-corrected chi connectivity index (χ0v) is 12.9. The first-order chi connectivity index (χ1) is 9.99.